The smallest absolute Gasteiger partial charge is 0.335 e. The zero-order valence-corrected chi connectivity index (χ0v) is 16.3. The second kappa shape index (κ2) is 8.70. The number of halogens is 1. The van der Waals surface area contributed by atoms with Crippen molar-refractivity contribution < 1.29 is 19.4 Å². The van der Waals surface area contributed by atoms with Crippen LogP contribution in [0.15, 0.2) is 41.5 Å². The summed E-state index contributed by atoms with van der Waals surface area (Å²) < 4.78 is 12.1. The van der Waals surface area contributed by atoms with Crippen LogP contribution < -0.4 is 14.9 Å². The molecular formula is C18H19IN2O4. The maximum Gasteiger partial charge on any atom is 0.335 e. The lowest BCUT2D eigenvalue weighted by Gasteiger charge is -2.15. The molecule has 6 nitrogen and oxygen atoms in total. The number of hydrogen-bond donors (Lipinski definition) is 2. The van der Waals surface area contributed by atoms with Crippen LogP contribution in [0.1, 0.15) is 29.8 Å². The Morgan fingerprint density at radius 1 is 1.32 bits per heavy atom. The monoisotopic (exact) mass is 454 g/mol. The third kappa shape index (κ3) is 5.35. The number of aromatic carboxylic acids is 1. The van der Waals surface area contributed by atoms with Gasteiger partial charge in [-0.05, 0) is 72.3 Å². The van der Waals surface area contributed by atoms with E-state index in [9.17, 15) is 4.79 Å². The summed E-state index contributed by atoms with van der Waals surface area (Å²) in [6, 6.07) is 10.2. The molecule has 0 aliphatic carbocycles. The van der Waals surface area contributed by atoms with Gasteiger partial charge in [-0.3, -0.25) is 5.43 Å². The molecule has 0 spiro atoms. The zero-order chi connectivity index (χ0) is 18.4. The van der Waals surface area contributed by atoms with Crippen LogP contribution in [0.2, 0.25) is 0 Å². The van der Waals surface area contributed by atoms with Gasteiger partial charge >= 0.3 is 5.97 Å². The Labute approximate surface area is 160 Å². The van der Waals surface area contributed by atoms with Gasteiger partial charge in [0.25, 0.3) is 0 Å². The minimum atomic E-state index is -0.979. The van der Waals surface area contributed by atoms with Crippen molar-refractivity contribution >= 4 is 40.5 Å². The van der Waals surface area contributed by atoms with Crippen LogP contribution in [-0.4, -0.2) is 30.5 Å². The summed E-state index contributed by atoms with van der Waals surface area (Å²) >= 11 is 2.19. The van der Waals surface area contributed by atoms with Crippen molar-refractivity contribution in [3.05, 3.63) is 51.1 Å². The van der Waals surface area contributed by atoms with E-state index in [1.807, 2.05) is 26.0 Å². The number of anilines is 1. The number of hydrogen-bond acceptors (Lipinski definition) is 5. The molecule has 0 saturated heterocycles. The number of carboxylic acid groups (broad SMARTS) is 1. The van der Waals surface area contributed by atoms with E-state index in [2.05, 4.69) is 33.1 Å². The molecule has 0 saturated carbocycles. The number of rotatable bonds is 7. The second-order valence-corrected chi connectivity index (χ2v) is 6.62. The van der Waals surface area contributed by atoms with Gasteiger partial charge in [-0.15, -0.1) is 0 Å². The van der Waals surface area contributed by atoms with E-state index in [1.165, 1.54) is 12.1 Å². The summed E-state index contributed by atoms with van der Waals surface area (Å²) in [5.74, 6) is 0.361. The largest absolute Gasteiger partial charge is 0.493 e. The van der Waals surface area contributed by atoms with Gasteiger partial charge < -0.3 is 14.6 Å². The average Bonchev–Trinajstić information content (AvgIpc) is 2.57. The Bertz CT molecular complexity index is 791. The SMILES string of the molecule is COc1cc(/C=N\Nc2cccc(C(=O)O)c2)cc(I)c1OC(C)C. The molecule has 2 aromatic carbocycles. The van der Waals surface area contributed by atoms with Gasteiger partial charge in [-0.2, -0.15) is 5.10 Å². The highest BCUT2D eigenvalue weighted by atomic mass is 127. The first-order valence-corrected chi connectivity index (χ1v) is 8.65. The molecule has 0 aliphatic rings. The summed E-state index contributed by atoms with van der Waals surface area (Å²) in [6.45, 7) is 3.92. The molecule has 0 aromatic heterocycles. The van der Waals surface area contributed by atoms with Crippen LogP contribution in [0, 0.1) is 3.57 Å². The third-order valence-corrected chi connectivity index (χ3v) is 3.92. The fourth-order valence-electron chi connectivity index (χ4n) is 2.07. The summed E-state index contributed by atoms with van der Waals surface area (Å²) in [6.07, 6.45) is 1.68. The first-order valence-electron chi connectivity index (χ1n) is 7.57. The van der Waals surface area contributed by atoms with Crippen LogP contribution in [0.4, 0.5) is 5.69 Å². The minimum absolute atomic E-state index is 0.0464. The van der Waals surface area contributed by atoms with Crippen molar-refractivity contribution in [1.82, 2.24) is 0 Å². The molecule has 0 unspecified atom stereocenters. The van der Waals surface area contributed by atoms with Gasteiger partial charge in [0.15, 0.2) is 11.5 Å². The lowest BCUT2D eigenvalue weighted by molar-refractivity contribution is 0.0697. The second-order valence-electron chi connectivity index (χ2n) is 5.46. The van der Waals surface area contributed by atoms with Crippen molar-refractivity contribution in [3.63, 3.8) is 0 Å². The number of ether oxygens (including phenoxy) is 2. The molecule has 25 heavy (non-hydrogen) atoms. The van der Waals surface area contributed by atoms with Crippen LogP contribution >= 0.6 is 22.6 Å². The van der Waals surface area contributed by atoms with Gasteiger partial charge in [0, 0.05) is 0 Å². The van der Waals surface area contributed by atoms with E-state index in [0.717, 1.165) is 9.13 Å². The Hall–Kier alpha value is -2.29. The maximum absolute atomic E-state index is 11.0. The highest BCUT2D eigenvalue weighted by molar-refractivity contribution is 14.1. The standard InChI is InChI=1S/C18H19IN2O4/c1-11(2)25-17-15(19)7-12(8-16(17)24-3)10-20-21-14-6-4-5-13(9-14)18(22)23/h4-11,21H,1-3H3,(H,22,23)/b20-10-. The lowest BCUT2D eigenvalue weighted by atomic mass is 10.2. The predicted molar refractivity (Wildman–Crippen MR) is 106 cm³/mol. The van der Waals surface area contributed by atoms with Gasteiger partial charge in [0.2, 0.25) is 0 Å². The summed E-state index contributed by atoms with van der Waals surface area (Å²) in [4.78, 5) is 11.0. The van der Waals surface area contributed by atoms with E-state index in [-0.39, 0.29) is 11.7 Å². The molecule has 2 N–H and O–H groups in total. The molecule has 7 heteroatoms. The van der Waals surface area contributed by atoms with Gasteiger partial charge in [0.1, 0.15) is 0 Å². The molecule has 0 bridgehead atoms. The van der Waals surface area contributed by atoms with Crippen molar-refractivity contribution in [2.45, 2.75) is 20.0 Å². The molecule has 0 aliphatic heterocycles. The first kappa shape index (κ1) is 19.0. The molecule has 2 aromatic rings. The summed E-state index contributed by atoms with van der Waals surface area (Å²) in [5, 5.41) is 13.1. The van der Waals surface area contributed by atoms with Crippen molar-refractivity contribution in [2.75, 3.05) is 12.5 Å². The van der Waals surface area contributed by atoms with Crippen LogP contribution in [-0.2, 0) is 0 Å². The molecule has 0 atom stereocenters. The van der Waals surface area contributed by atoms with Gasteiger partial charge in [0.05, 0.1) is 34.2 Å². The molecule has 0 radical (unpaired) electrons. The molecule has 0 fully saturated rings. The highest BCUT2D eigenvalue weighted by Gasteiger charge is 2.12. The highest BCUT2D eigenvalue weighted by Crippen LogP contribution is 2.34. The maximum atomic E-state index is 11.0. The normalized spacial score (nSPS) is 10.9. The molecule has 0 heterocycles. The first-order chi connectivity index (χ1) is 11.9. The van der Waals surface area contributed by atoms with E-state index < -0.39 is 5.97 Å². The quantitative estimate of drug-likeness (QED) is 0.372. The van der Waals surface area contributed by atoms with E-state index in [4.69, 9.17) is 14.6 Å². The number of carboxylic acids is 1. The fourth-order valence-corrected chi connectivity index (χ4v) is 2.82. The number of carbonyl (C=O) groups is 1. The number of nitrogens with zero attached hydrogens (tertiary/aromatic N) is 1. The Morgan fingerprint density at radius 2 is 2.08 bits per heavy atom. The van der Waals surface area contributed by atoms with Crippen LogP contribution in [0.25, 0.3) is 0 Å². The third-order valence-electron chi connectivity index (χ3n) is 3.12. The van der Waals surface area contributed by atoms with E-state index >= 15 is 0 Å². The van der Waals surface area contributed by atoms with Crippen molar-refractivity contribution in [1.29, 1.82) is 0 Å². The van der Waals surface area contributed by atoms with Crippen LogP contribution in [0.3, 0.4) is 0 Å². The topological polar surface area (TPSA) is 80.2 Å². The Morgan fingerprint density at radius 3 is 2.72 bits per heavy atom. The minimum Gasteiger partial charge on any atom is -0.493 e. The summed E-state index contributed by atoms with van der Waals surface area (Å²) in [5.41, 5.74) is 4.45. The van der Waals surface area contributed by atoms with E-state index in [1.54, 1.807) is 25.5 Å². The lowest BCUT2D eigenvalue weighted by Crippen LogP contribution is -2.08. The van der Waals surface area contributed by atoms with E-state index in [0.29, 0.717) is 17.2 Å². The predicted octanol–water partition coefficient (Wildman–Crippen LogP) is 4.23. The molecular weight excluding hydrogens is 435 g/mol. The molecule has 2 rings (SSSR count). The van der Waals surface area contributed by atoms with Gasteiger partial charge in [-0.1, -0.05) is 6.07 Å². The zero-order valence-electron chi connectivity index (χ0n) is 14.1. The fraction of sp³-hybridized carbons (Fsp3) is 0.222. The number of benzene rings is 2. The van der Waals surface area contributed by atoms with Crippen molar-refractivity contribution in [2.24, 2.45) is 5.10 Å². The number of nitrogens with one attached hydrogen (secondary N) is 1. The van der Waals surface area contributed by atoms with Crippen LogP contribution in [0.5, 0.6) is 11.5 Å². The van der Waals surface area contributed by atoms with Gasteiger partial charge in [-0.25, -0.2) is 4.79 Å². The number of hydrazone groups is 1. The molecule has 132 valence electrons. The Balaban J connectivity index is 2.17. The van der Waals surface area contributed by atoms with Crippen molar-refractivity contribution in [3.8, 4) is 11.5 Å². The molecule has 0 amide bonds. The Kier molecular flexibility index (Phi) is 6.63. The average molecular weight is 454 g/mol. The number of methoxy groups -OCH3 is 1. The summed E-state index contributed by atoms with van der Waals surface area (Å²) in [7, 11) is 1.59.